The third kappa shape index (κ3) is 3.71. The number of nitrogens with zero attached hydrogens (tertiary/aromatic N) is 2. The highest BCUT2D eigenvalue weighted by Crippen LogP contribution is 2.35. The predicted molar refractivity (Wildman–Crippen MR) is 111 cm³/mol. The van der Waals surface area contributed by atoms with Crippen molar-refractivity contribution in [3.63, 3.8) is 0 Å². The lowest BCUT2D eigenvalue weighted by molar-refractivity contribution is 0.709. The maximum absolute atomic E-state index is 6.05. The molecule has 3 aromatic carbocycles. The zero-order valence-corrected chi connectivity index (χ0v) is 15.1. The lowest BCUT2D eigenvalue weighted by atomic mass is 10.0. The minimum Gasteiger partial charge on any atom is -0.257 e. The first-order chi connectivity index (χ1) is 12.8. The van der Waals surface area contributed by atoms with Gasteiger partial charge in [0.1, 0.15) is 0 Å². The van der Waals surface area contributed by atoms with Crippen LogP contribution in [0.5, 0.6) is 0 Å². The summed E-state index contributed by atoms with van der Waals surface area (Å²) < 4.78 is 0. The first-order valence-corrected chi connectivity index (χ1v) is 9.08. The van der Waals surface area contributed by atoms with Crippen LogP contribution >= 0.6 is 11.6 Å². The van der Waals surface area contributed by atoms with Gasteiger partial charge in [-0.2, -0.15) is 5.10 Å². The molecule has 2 nitrogen and oxygen atoms in total. The molecule has 4 rings (SSSR count). The highest BCUT2D eigenvalue weighted by molar-refractivity contribution is 6.30. The Hall–Kier alpha value is -2.84. The summed E-state index contributed by atoms with van der Waals surface area (Å²) in [5.41, 5.74) is 4.55. The maximum atomic E-state index is 6.05. The Balaban J connectivity index is 1.65. The largest absolute Gasteiger partial charge is 0.257 e. The van der Waals surface area contributed by atoms with E-state index in [1.165, 1.54) is 11.1 Å². The Kier molecular flexibility index (Phi) is 4.85. The Morgan fingerprint density at radius 2 is 1.46 bits per heavy atom. The van der Waals surface area contributed by atoms with Gasteiger partial charge >= 0.3 is 0 Å². The summed E-state index contributed by atoms with van der Waals surface area (Å²) >= 11 is 6.05. The lowest BCUT2D eigenvalue weighted by Crippen LogP contribution is -2.18. The second-order valence-corrected chi connectivity index (χ2v) is 6.72. The summed E-state index contributed by atoms with van der Waals surface area (Å²) in [6.45, 7) is 0. The molecule has 128 valence electrons. The predicted octanol–water partition coefficient (Wildman–Crippen LogP) is 6.36. The fourth-order valence-electron chi connectivity index (χ4n) is 3.16. The molecule has 1 aliphatic rings. The molecular formula is C23H19ClN2. The van der Waals surface area contributed by atoms with E-state index in [1.807, 2.05) is 48.5 Å². The van der Waals surface area contributed by atoms with Crippen molar-refractivity contribution in [2.45, 2.75) is 12.5 Å². The van der Waals surface area contributed by atoms with Crippen molar-refractivity contribution >= 4 is 29.1 Å². The molecule has 0 fully saturated rings. The summed E-state index contributed by atoms with van der Waals surface area (Å²) in [4.78, 5) is 0. The normalized spacial score (nSPS) is 16.9. The number of benzene rings is 3. The van der Waals surface area contributed by atoms with Gasteiger partial charge in [0.2, 0.25) is 0 Å². The Labute approximate surface area is 159 Å². The number of hydrazone groups is 1. The van der Waals surface area contributed by atoms with Gasteiger partial charge in [-0.15, -0.1) is 0 Å². The topological polar surface area (TPSA) is 15.6 Å². The van der Waals surface area contributed by atoms with Crippen molar-refractivity contribution in [1.29, 1.82) is 0 Å². The maximum Gasteiger partial charge on any atom is 0.0831 e. The molecule has 0 spiro atoms. The average molecular weight is 359 g/mol. The number of hydrogen-bond donors (Lipinski definition) is 0. The van der Waals surface area contributed by atoms with Crippen LogP contribution in [-0.2, 0) is 0 Å². The quantitative estimate of drug-likeness (QED) is 0.529. The second kappa shape index (κ2) is 7.59. The van der Waals surface area contributed by atoms with Crippen molar-refractivity contribution in [2.24, 2.45) is 5.10 Å². The van der Waals surface area contributed by atoms with Gasteiger partial charge in [0.15, 0.2) is 0 Å². The van der Waals surface area contributed by atoms with Crippen LogP contribution in [0.15, 0.2) is 96.1 Å². The standard InChI is InChI=1S/C23H19ClN2/c24-20-12-15-22(16-13-20)26-23(19-9-5-2-6-10-19)17-21(25-26)14-11-18-7-3-1-4-8-18/h1-16,23H,17H2/b14-11-/t23-/m1/s1. The monoisotopic (exact) mass is 358 g/mol. The molecule has 0 saturated carbocycles. The van der Waals surface area contributed by atoms with E-state index in [4.69, 9.17) is 16.7 Å². The van der Waals surface area contributed by atoms with Crippen LogP contribution in [0, 0.1) is 0 Å². The highest BCUT2D eigenvalue weighted by Gasteiger charge is 2.27. The summed E-state index contributed by atoms with van der Waals surface area (Å²) in [5.74, 6) is 0. The van der Waals surface area contributed by atoms with Gasteiger partial charge in [-0.25, -0.2) is 0 Å². The van der Waals surface area contributed by atoms with Crippen molar-refractivity contribution in [3.8, 4) is 0 Å². The molecule has 0 aliphatic carbocycles. The number of hydrogen-bond acceptors (Lipinski definition) is 2. The van der Waals surface area contributed by atoms with Gasteiger partial charge in [0, 0.05) is 11.4 Å². The molecular weight excluding hydrogens is 340 g/mol. The van der Waals surface area contributed by atoms with E-state index in [9.17, 15) is 0 Å². The lowest BCUT2D eigenvalue weighted by Gasteiger charge is -2.24. The van der Waals surface area contributed by atoms with E-state index in [0.29, 0.717) is 0 Å². The molecule has 0 saturated heterocycles. The summed E-state index contributed by atoms with van der Waals surface area (Å²) in [6.07, 6.45) is 5.10. The summed E-state index contributed by atoms with van der Waals surface area (Å²) in [7, 11) is 0. The van der Waals surface area contributed by atoms with E-state index >= 15 is 0 Å². The average Bonchev–Trinajstić information content (AvgIpc) is 3.13. The van der Waals surface area contributed by atoms with Crippen LogP contribution in [0.1, 0.15) is 23.6 Å². The van der Waals surface area contributed by atoms with E-state index in [2.05, 4.69) is 53.6 Å². The summed E-state index contributed by atoms with van der Waals surface area (Å²) in [6, 6.07) is 28.9. The van der Waals surface area contributed by atoms with Crippen molar-refractivity contribution in [1.82, 2.24) is 0 Å². The van der Waals surface area contributed by atoms with Gasteiger partial charge in [0.25, 0.3) is 0 Å². The fourth-order valence-corrected chi connectivity index (χ4v) is 3.28. The molecule has 1 atom stereocenters. The van der Waals surface area contributed by atoms with Gasteiger partial charge in [-0.1, -0.05) is 78.3 Å². The van der Waals surface area contributed by atoms with Gasteiger partial charge in [-0.05, 0) is 41.5 Å². The number of anilines is 1. The van der Waals surface area contributed by atoms with Crippen LogP contribution in [-0.4, -0.2) is 5.71 Å². The molecule has 3 heteroatoms. The van der Waals surface area contributed by atoms with Crippen LogP contribution in [0.3, 0.4) is 0 Å². The van der Waals surface area contributed by atoms with Gasteiger partial charge < -0.3 is 0 Å². The number of allylic oxidation sites excluding steroid dienone is 1. The minimum absolute atomic E-state index is 0.188. The second-order valence-electron chi connectivity index (χ2n) is 6.29. The van der Waals surface area contributed by atoms with Gasteiger partial charge in [0.05, 0.1) is 17.4 Å². The highest BCUT2D eigenvalue weighted by atomic mass is 35.5. The van der Waals surface area contributed by atoms with Crippen molar-refractivity contribution < 1.29 is 0 Å². The smallest absolute Gasteiger partial charge is 0.0831 e. The van der Waals surface area contributed by atoms with Crippen LogP contribution in [0.2, 0.25) is 5.02 Å². The van der Waals surface area contributed by atoms with Crippen molar-refractivity contribution in [3.05, 3.63) is 107 Å². The van der Waals surface area contributed by atoms with E-state index in [-0.39, 0.29) is 6.04 Å². The Morgan fingerprint density at radius 1 is 0.808 bits per heavy atom. The van der Waals surface area contributed by atoms with E-state index in [1.54, 1.807) is 0 Å². The molecule has 1 aliphatic heterocycles. The molecule has 0 aromatic heterocycles. The fraction of sp³-hybridized carbons (Fsp3) is 0.0870. The Bertz CT molecular complexity index is 915. The SMILES string of the molecule is Clc1ccc(N2N=C(/C=C\c3ccccc3)C[C@@H]2c2ccccc2)cc1. The molecule has 26 heavy (non-hydrogen) atoms. The van der Waals surface area contributed by atoms with Crippen LogP contribution in [0.25, 0.3) is 6.08 Å². The van der Waals surface area contributed by atoms with E-state index in [0.717, 1.165) is 22.8 Å². The first-order valence-electron chi connectivity index (χ1n) is 8.70. The third-order valence-electron chi connectivity index (χ3n) is 4.48. The molecule has 0 amide bonds. The van der Waals surface area contributed by atoms with E-state index < -0.39 is 0 Å². The van der Waals surface area contributed by atoms with Crippen LogP contribution in [0.4, 0.5) is 5.69 Å². The molecule has 0 unspecified atom stereocenters. The minimum atomic E-state index is 0.188. The molecule has 0 radical (unpaired) electrons. The third-order valence-corrected chi connectivity index (χ3v) is 4.73. The first kappa shape index (κ1) is 16.6. The van der Waals surface area contributed by atoms with Crippen LogP contribution < -0.4 is 5.01 Å². The Morgan fingerprint density at radius 3 is 2.15 bits per heavy atom. The molecule has 0 N–H and O–H groups in total. The summed E-state index contributed by atoms with van der Waals surface area (Å²) in [5, 5.41) is 7.71. The zero-order valence-electron chi connectivity index (χ0n) is 14.3. The molecule has 1 heterocycles. The zero-order chi connectivity index (χ0) is 17.8. The van der Waals surface area contributed by atoms with Crippen molar-refractivity contribution in [2.75, 3.05) is 5.01 Å². The molecule has 3 aromatic rings. The molecule has 0 bridgehead atoms. The van der Waals surface area contributed by atoms with Gasteiger partial charge in [-0.3, -0.25) is 5.01 Å². The number of halogens is 1. The number of rotatable bonds is 4.